The smallest absolute Gasteiger partial charge is 0.0681 e. The first-order chi connectivity index (χ1) is 10.7. The highest BCUT2D eigenvalue weighted by molar-refractivity contribution is 5.23. The van der Waals surface area contributed by atoms with Crippen molar-refractivity contribution < 1.29 is 10.2 Å². The Labute approximate surface area is 130 Å². The minimum atomic E-state index is 0.0830. The molecule has 5 heteroatoms. The molecule has 1 saturated heterocycles. The van der Waals surface area contributed by atoms with Gasteiger partial charge in [-0.1, -0.05) is 24.3 Å². The lowest BCUT2D eigenvalue weighted by molar-refractivity contribution is 0.214. The van der Waals surface area contributed by atoms with Gasteiger partial charge < -0.3 is 10.2 Å². The Morgan fingerprint density at radius 3 is 2.45 bits per heavy atom. The normalized spacial score (nSPS) is 22.3. The molecule has 0 bridgehead atoms. The van der Waals surface area contributed by atoms with E-state index in [1.165, 1.54) is 11.1 Å². The molecule has 2 atom stereocenters. The van der Waals surface area contributed by atoms with Crippen molar-refractivity contribution >= 4 is 0 Å². The zero-order valence-electron chi connectivity index (χ0n) is 12.9. The summed E-state index contributed by atoms with van der Waals surface area (Å²) >= 11 is 0. The summed E-state index contributed by atoms with van der Waals surface area (Å²) in [6.45, 7) is 3.01. The molecule has 0 aliphatic carbocycles. The van der Waals surface area contributed by atoms with E-state index in [0.717, 1.165) is 25.2 Å². The number of nitrogens with zero attached hydrogens (tertiary/aromatic N) is 3. The molecule has 1 aliphatic rings. The largest absolute Gasteiger partial charge is 0.396 e. The number of aliphatic hydroxyl groups excluding tert-OH is 2. The molecule has 1 fully saturated rings. The number of aromatic nitrogens is 2. The molecule has 1 aromatic heterocycles. The van der Waals surface area contributed by atoms with Crippen LogP contribution in [0.2, 0.25) is 0 Å². The molecule has 5 nitrogen and oxygen atoms in total. The number of likely N-dealkylation sites (tertiary alicyclic amines) is 1. The van der Waals surface area contributed by atoms with Crippen molar-refractivity contribution in [1.82, 2.24) is 14.7 Å². The second-order valence-corrected chi connectivity index (χ2v) is 6.17. The van der Waals surface area contributed by atoms with Gasteiger partial charge in [0.15, 0.2) is 0 Å². The number of hydrogen-bond acceptors (Lipinski definition) is 4. The van der Waals surface area contributed by atoms with E-state index in [0.29, 0.717) is 5.92 Å². The number of aryl methyl sites for hydroxylation is 1. The van der Waals surface area contributed by atoms with Crippen molar-refractivity contribution in [3.8, 4) is 0 Å². The van der Waals surface area contributed by atoms with Crippen LogP contribution in [0.15, 0.2) is 36.7 Å². The topological polar surface area (TPSA) is 61.5 Å². The Bertz CT molecular complexity index is 609. The lowest BCUT2D eigenvalue weighted by Gasteiger charge is -2.15. The number of aliphatic hydroxyl groups is 2. The number of benzene rings is 1. The summed E-state index contributed by atoms with van der Waals surface area (Å²) < 4.78 is 1.82. The molecular weight excluding hydrogens is 278 g/mol. The maximum Gasteiger partial charge on any atom is 0.0681 e. The molecule has 2 aromatic rings. The van der Waals surface area contributed by atoms with Crippen LogP contribution in [0.3, 0.4) is 0 Å². The first kappa shape index (κ1) is 15.2. The van der Waals surface area contributed by atoms with Crippen LogP contribution in [-0.2, 0) is 20.2 Å². The molecule has 2 heterocycles. The maximum absolute atomic E-state index is 9.68. The molecule has 0 unspecified atom stereocenters. The fourth-order valence-electron chi connectivity index (χ4n) is 3.29. The van der Waals surface area contributed by atoms with Gasteiger partial charge in [0.25, 0.3) is 0 Å². The Balaban J connectivity index is 1.68. The molecule has 1 aromatic carbocycles. The minimum Gasteiger partial charge on any atom is -0.396 e. The molecule has 2 N–H and O–H groups in total. The predicted molar refractivity (Wildman–Crippen MR) is 84.2 cm³/mol. The highest BCUT2D eigenvalue weighted by Gasteiger charge is 2.33. The van der Waals surface area contributed by atoms with Gasteiger partial charge in [-0.05, 0) is 16.7 Å². The molecule has 0 saturated carbocycles. The summed E-state index contributed by atoms with van der Waals surface area (Å²) in [5.41, 5.74) is 3.38. The molecule has 0 spiro atoms. The van der Waals surface area contributed by atoms with Gasteiger partial charge in [-0.15, -0.1) is 0 Å². The van der Waals surface area contributed by atoms with E-state index in [-0.39, 0.29) is 19.1 Å². The van der Waals surface area contributed by atoms with E-state index in [4.69, 9.17) is 5.11 Å². The zero-order valence-corrected chi connectivity index (χ0v) is 12.9. The lowest BCUT2D eigenvalue weighted by atomic mass is 9.92. The van der Waals surface area contributed by atoms with Crippen molar-refractivity contribution in [3.63, 3.8) is 0 Å². The van der Waals surface area contributed by atoms with E-state index >= 15 is 0 Å². The summed E-state index contributed by atoms with van der Waals surface area (Å²) in [6.07, 6.45) is 3.96. The molecule has 118 valence electrons. The molecule has 1 aliphatic heterocycles. The zero-order chi connectivity index (χ0) is 15.5. The summed E-state index contributed by atoms with van der Waals surface area (Å²) in [5, 5.41) is 23.0. The van der Waals surface area contributed by atoms with Gasteiger partial charge in [0.1, 0.15) is 0 Å². The first-order valence-electron chi connectivity index (χ1n) is 7.70. The third kappa shape index (κ3) is 3.21. The second kappa shape index (κ2) is 6.60. The van der Waals surface area contributed by atoms with Crippen LogP contribution >= 0.6 is 0 Å². The monoisotopic (exact) mass is 301 g/mol. The third-order valence-corrected chi connectivity index (χ3v) is 4.52. The molecular formula is C17H23N3O2. The highest BCUT2D eigenvalue weighted by Crippen LogP contribution is 2.32. The minimum absolute atomic E-state index is 0.0830. The fourth-order valence-corrected chi connectivity index (χ4v) is 3.29. The maximum atomic E-state index is 9.68. The summed E-state index contributed by atoms with van der Waals surface area (Å²) in [5.74, 6) is 0.608. The number of hydrogen-bond donors (Lipinski definition) is 2. The van der Waals surface area contributed by atoms with Crippen molar-refractivity contribution in [2.75, 3.05) is 19.7 Å². The molecule has 3 rings (SSSR count). The summed E-state index contributed by atoms with van der Waals surface area (Å²) in [7, 11) is 1.92. The SMILES string of the molecule is Cn1cc([C@@H]2CN(Cc3ccc(CO)cc3)C[C@H]2CO)cn1. The predicted octanol–water partition coefficient (Wildman–Crippen LogP) is 1.12. The van der Waals surface area contributed by atoms with Crippen LogP contribution in [0, 0.1) is 5.92 Å². The fraction of sp³-hybridized carbons (Fsp3) is 0.471. The van der Waals surface area contributed by atoms with E-state index < -0.39 is 0 Å². The summed E-state index contributed by atoms with van der Waals surface area (Å²) in [6, 6.07) is 8.06. The highest BCUT2D eigenvalue weighted by atomic mass is 16.3. The van der Waals surface area contributed by atoms with Crippen molar-refractivity contribution in [3.05, 3.63) is 53.3 Å². The Hall–Kier alpha value is -1.69. The average Bonchev–Trinajstić information content (AvgIpc) is 3.14. The Kier molecular flexibility index (Phi) is 4.57. The number of rotatable bonds is 5. The van der Waals surface area contributed by atoms with Gasteiger partial charge in [-0.2, -0.15) is 5.10 Å². The van der Waals surface area contributed by atoms with Crippen LogP contribution in [-0.4, -0.2) is 44.6 Å². The standard InChI is InChI=1S/C17H23N3O2/c1-19-8-15(6-18-19)17-10-20(9-16(17)12-22)7-13-2-4-14(11-21)5-3-13/h2-6,8,16-17,21-22H,7,9-12H2,1H3/t16-,17-/m0/s1. The molecule has 0 amide bonds. The van der Waals surface area contributed by atoms with Crippen LogP contribution in [0.1, 0.15) is 22.6 Å². The quantitative estimate of drug-likeness (QED) is 0.869. The molecule has 0 radical (unpaired) electrons. The van der Waals surface area contributed by atoms with Gasteiger partial charge in [0.2, 0.25) is 0 Å². The van der Waals surface area contributed by atoms with E-state index in [1.54, 1.807) is 0 Å². The lowest BCUT2D eigenvalue weighted by Crippen LogP contribution is -2.20. The van der Waals surface area contributed by atoms with Crippen molar-refractivity contribution in [1.29, 1.82) is 0 Å². The summed E-state index contributed by atoms with van der Waals surface area (Å²) in [4.78, 5) is 2.38. The van der Waals surface area contributed by atoms with Gasteiger partial charge >= 0.3 is 0 Å². The van der Waals surface area contributed by atoms with E-state index in [2.05, 4.69) is 22.1 Å². The van der Waals surface area contributed by atoms with Crippen LogP contribution in [0.25, 0.3) is 0 Å². The van der Waals surface area contributed by atoms with Gasteiger partial charge in [0, 0.05) is 51.3 Å². The van der Waals surface area contributed by atoms with E-state index in [9.17, 15) is 5.11 Å². The van der Waals surface area contributed by atoms with Crippen LogP contribution in [0.4, 0.5) is 0 Å². The third-order valence-electron chi connectivity index (χ3n) is 4.52. The van der Waals surface area contributed by atoms with Crippen molar-refractivity contribution in [2.24, 2.45) is 13.0 Å². The van der Waals surface area contributed by atoms with Gasteiger partial charge in [-0.25, -0.2) is 0 Å². The van der Waals surface area contributed by atoms with Crippen LogP contribution in [0.5, 0.6) is 0 Å². The average molecular weight is 301 g/mol. The van der Waals surface area contributed by atoms with Crippen LogP contribution < -0.4 is 0 Å². The Morgan fingerprint density at radius 1 is 1.14 bits per heavy atom. The first-order valence-corrected chi connectivity index (χ1v) is 7.70. The Morgan fingerprint density at radius 2 is 1.86 bits per heavy atom. The second-order valence-electron chi connectivity index (χ2n) is 6.17. The molecule has 22 heavy (non-hydrogen) atoms. The van der Waals surface area contributed by atoms with Gasteiger partial charge in [0.05, 0.1) is 12.8 Å². The van der Waals surface area contributed by atoms with Gasteiger partial charge in [-0.3, -0.25) is 9.58 Å². The van der Waals surface area contributed by atoms with Crippen molar-refractivity contribution in [2.45, 2.75) is 19.1 Å². The van der Waals surface area contributed by atoms with E-state index in [1.807, 2.05) is 36.3 Å².